The van der Waals surface area contributed by atoms with E-state index in [0.717, 1.165) is 43.1 Å². The second-order valence-corrected chi connectivity index (χ2v) is 7.00. The summed E-state index contributed by atoms with van der Waals surface area (Å²) in [6, 6.07) is 8.05. The molecular formula is C20H27Cl2N3O3S. The lowest BCUT2D eigenvalue weighted by molar-refractivity contribution is -0.114. The van der Waals surface area contributed by atoms with Gasteiger partial charge in [0.2, 0.25) is 5.91 Å². The number of hydrogen-bond acceptors (Lipinski definition) is 5. The van der Waals surface area contributed by atoms with Gasteiger partial charge in [-0.15, -0.1) is 36.2 Å². The summed E-state index contributed by atoms with van der Waals surface area (Å²) in [5.41, 5.74) is 3.38. The summed E-state index contributed by atoms with van der Waals surface area (Å²) in [5, 5.41) is 5.41. The number of hydrogen-bond donors (Lipinski definition) is 1. The zero-order valence-corrected chi connectivity index (χ0v) is 18.8. The Morgan fingerprint density at radius 3 is 2.83 bits per heavy atom. The smallest absolute Gasteiger partial charge is 0.223 e. The molecule has 0 bridgehead atoms. The van der Waals surface area contributed by atoms with Gasteiger partial charge >= 0.3 is 0 Å². The number of nitrogens with zero attached hydrogens (tertiary/aromatic N) is 2. The van der Waals surface area contributed by atoms with E-state index in [-0.39, 0.29) is 36.2 Å². The van der Waals surface area contributed by atoms with Crippen molar-refractivity contribution in [3.05, 3.63) is 53.1 Å². The Labute approximate surface area is 187 Å². The summed E-state index contributed by atoms with van der Waals surface area (Å²) < 4.78 is 5.25. The molecule has 2 heterocycles. The van der Waals surface area contributed by atoms with Crippen LogP contribution in [0.4, 0.5) is 5.13 Å². The molecule has 3 rings (SSSR count). The Morgan fingerprint density at radius 1 is 1.38 bits per heavy atom. The quantitative estimate of drug-likeness (QED) is 0.708. The molecule has 1 aliphatic rings. The average molecular weight is 460 g/mol. The number of carbonyl (C=O) groups is 1. The highest BCUT2D eigenvalue weighted by Gasteiger charge is 2.14. The maximum atomic E-state index is 11.1. The van der Waals surface area contributed by atoms with Crippen molar-refractivity contribution in [2.75, 3.05) is 32.1 Å². The summed E-state index contributed by atoms with van der Waals surface area (Å²) in [4.78, 5) is 18.0. The van der Waals surface area contributed by atoms with Gasteiger partial charge < -0.3 is 15.5 Å². The number of ether oxygens (including phenoxy) is 1. The van der Waals surface area contributed by atoms with Crippen molar-refractivity contribution < 1.29 is 15.0 Å². The number of halogens is 2. The van der Waals surface area contributed by atoms with Gasteiger partial charge in [-0.1, -0.05) is 30.4 Å². The first kappa shape index (κ1) is 27.1. The Kier molecular flexibility index (Phi) is 12.5. The van der Waals surface area contributed by atoms with Crippen LogP contribution in [0.1, 0.15) is 24.6 Å². The highest BCUT2D eigenvalue weighted by atomic mass is 35.5. The Balaban J connectivity index is 0.00000261. The van der Waals surface area contributed by atoms with E-state index < -0.39 is 0 Å². The van der Waals surface area contributed by atoms with Crippen LogP contribution >= 0.6 is 36.2 Å². The van der Waals surface area contributed by atoms with E-state index >= 15 is 0 Å². The van der Waals surface area contributed by atoms with Crippen molar-refractivity contribution in [3.63, 3.8) is 0 Å². The first-order valence-corrected chi connectivity index (χ1v) is 9.47. The maximum absolute atomic E-state index is 11.1. The molecule has 1 aromatic carbocycles. The minimum Gasteiger partial charge on any atom is -0.497 e. The molecule has 0 radical (unpaired) electrons. The van der Waals surface area contributed by atoms with E-state index in [1.165, 1.54) is 23.8 Å². The normalized spacial score (nSPS) is 13.5. The SMILES string of the molecule is COc1cccc(C=CCN2CC=C(c3csc(NC(C)=O)n3)CC2)c1.Cl.Cl.O. The van der Waals surface area contributed by atoms with Crippen LogP contribution in [-0.2, 0) is 4.79 Å². The van der Waals surface area contributed by atoms with Gasteiger partial charge in [0.25, 0.3) is 0 Å². The minimum atomic E-state index is -0.0856. The second kappa shape index (κ2) is 13.3. The number of methoxy groups -OCH3 is 1. The number of amides is 1. The highest BCUT2D eigenvalue weighted by Crippen LogP contribution is 2.26. The molecule has 0 saturated carbocycles. The molecule has 6 nitrogen and oxygen atoms in total. The maximum Gasteiger partial charge on any atom is 0.223 e. The largest absolute Gasteiger partial charge is 0.497 e. The molecule has 160 valence electrons. The zero-order chi connectivity index (χ0) is 18.4. The van der Waals surface area contributed by atoms with Gasteiger partial charge in [0, 0.05) is 31.9 Å². The van der Waals surface area contributed by atoms with Gasteiger partial charge in [-0.2, -0.15) is 0 Å². The van der Waals surface area contributed by atoms with E-state index in [1.807, 2.05) is 23.6 Å². The molecule has 9 heteroatoms. The third-order valence-corrected chi connectivity index (χ3v) is 4.93. The molecular weight excluding hydrogens is 433 g/mol. The molecule has 2 aromatic rings. The third-order valence-electron chi connectivity index (χ3n) is 4.18. The number of thiazole rings is 1. The molecule has 0 spiro atoms. The molecule has 3 N–H and O–H groups in total. The molecule has 29 heavy (non-hydrogen) atoms. The summed E-state index contributed by atoms with van der Waals surface area (Å²) in [6.07, 6.45) is 7.51. The van der Waals surface area contributed by atoms with Gasteiger partial charge in [-0.3, -0.25) is 9.69 Å². The topological polar surface area (TPSA) is 86.0 Å². The molecule has 1 aromatic heterocycles. The van der Waals surface area contributed by atoms with E-state index in [1.54, 1.807) is 7.11 Å². The monoisotopic (exact) mass is 459 g/mol. The van der Waals surface area contributed by atoms with Crippen LogP contribution in [0.25, 0.3) is 11.6 Å². The summed E-state index contributed by atoms with van der Waals surface area (Å²) in [6.45, 7) is 4.32. The van der Waals surface area contributed by atoms with Crippen LogP contribution in [0.3, 0.4) is 0 Å². The van der Waals surface area contributed by atoms with Crippen molar-refractivity contribution in [2.45, 2.75) is 13.3 Å². The number of aromatic nitrogens is 1. The third kappa shape index (κ3) is 8.16. The summed E-state index contributed by atoms with van der Waals surface area (Å²) >= 11 is 1.47. The van der Waals surface area contributed by atoms with Crippen molar-refractivity contribution in [1.29, 1.82) is 0 Å². The van der Waals surface area contributed by atoms with Crippen LogP contribution in [0, 0.1) is 0 Å². The molecule has 1 aliphatic heterocycles. The number of anilines is 1. The van der Waals surface area contributed by atoms with E-state index in [0.29, 0.717) is 5.13 Å². The second-order valence-electron chi connectivity index (χ2n) is 6.14. The van der Waals surface area contributed by atoms with Crippen LogP contribution in [0.5, 0.6) is 5.75 Å². The Bertz CT molecular complexity index is 840. The van der Waals surface area contributed by atoms with Crippen molar-refractivity contribution in [2.24, 2.45) is 0 Å². The van der Waals surface area contributed by atoms with Crippen molar-refractivity contribution in [3.8, 4) is 5.75 Å². The fourth-order valence-corrected chi connectivity index (χ4v) is 3.60. The lowest BCUT2D eigenvalue weighted by atomic mass is 10.1. The standard InChI is InChI=1S/C20H23N3O2S.2ClH.H2O/c1-15(24)21-20-22-19(14-26-20)17-8-11-23(12-9-17)10-4-6-16-5-3-7-18(13-16)25-2;;;/h3-8,13-14H,9-12H2,1-2H3,(H,21,22,24);2*1H;1H2. The minimum absolute atomic E-state index is 0. The van der Waals surface area contributed by atoms with E-state index in [9.17, 15) is 4.79 Å². The number of benzene rings is 1. The average Bonchev–Trinajstić information content (AvgIpc) is 3.10. The Morgan fingerprint density at radius 2 is 2.17 bits per heavy atom. The first-order valence-electron chi connectivity index (χ1n) is 8.59. The predicted molar refractivity (Wildman–Crippen MR) is 126 cm³/mol. The van der Waals surface area contributed by atoms with Gasteiger partial charge in [0.1, 0.15) is 5.75 Å². The molecule has 0 atom stereocenters. The first-order chi connectivity index (χ1) is 12.6. The lowest BCUT2D eigenvalue weighted by Crippen LogP contribution is -2.28. The van der Waals surface area contributed by atoms with Gasteiger partial charge in [0.05, 0.1) is 12.8 Å². The number of rotatable bonds is 6. The molecule has 0 unspecified atom stereocenters. The van der Waals surface area contributed by atoms with Gasteiger partial charge in [0.15, 0.2) is 5.13 Å². The molecule has 0 saturated heterocycles. The fourth-order valence-electron chi connectivity index (χ4n) is 2.82. The van der Waals surface area contributed by atoms with Crippen LogP contribution < -0.4 is 10.1 Å². The highest BCUT2D eigenvalue weighted by molar-refractivity contribution is 7.14. The summed E-state index contributed by atoms with van der Waals surface area (Å²) in [5.74, 6) is 0.789. The van der Waals surface area contributed by atoms with Gasteiger partial charge in [-0.25, -0.2) is 4.98 Å². The number of nitrogens with one attached hydrogen (secondary N) is 1. The van der Waals surface area contributed by atoms with Crippen LogP contribution in [0.2, 0.25) is 0 Å². The molecule has 0 fully saturated rings. The zero-order valence-electron chi connectivity index (χ0n) is 16.4. The van der Waals surface area contributed by atoms with E-state index in [4.69, 9.17) is 4.74 Å². The number of carbonyl (C=O) groups excluding carboxylic acids is 1. The van der Waals surface area contributed by atoms with Crippen LogP contribution in [0.15, 0.2) is 41.8 Å². The molecule has 1 amide bonds. The van der Waals surface area contributed by atoms with Crippen LogP contribution in [-0.4, -0.2) is 48.0 Å². The lowest BCUT2D eigenvalue weighted by Gasteiger charge is -2.24. The Hall–Kier alpha value is -1.90. The fraction of sp³-hybridized carbons (Fsp3) is 0.300. The predicted octanol–water partition coefficient (Wildman–Crippen LogP) is 3.93. The van der Waals surface area contributed by atoms with Crippen molar-refractivity contribution >= 4 is 58.8 Å². The van der Waals surface area contributed by atoms with Crippen molar-refractivity contribution in [1.82, 2.24) is 9.88 Å². The van der Waals surface area contributed by atoms with Gasteiger partial charge in [-0.05, 0) is 29.7 Å². The van der Waals surface area contributed by atoms with E-state index in [2.05, 4.69) is 39.5 Å². The summed E-state index contributed by atoms with van der Waals surface area (Å²) in [7, 11) is 1.68. The molecule has 0 aliphatic carbocycles.